The largest absolute Gasteiger partial charge is 0.452 e. The summed E-state index contributed by atoms with van der Waals surface area (Å²) in [5.41, 5.74) is 6.66. The van der Waals surface area contributed by atoms with Gasteiger partial charge in [-0.05, 0) is 40.5 Å². The number of anilines is 1. The smallest absolute Gasteiger partial charge is 0.266 e. The van der Waals surface area contributed by atoms with Gasteiger partial charge in [0.1, 0.15) is 10.7 Å². The molecule has 1 aromatic carbocycles. The van der Waals surface area contributed by atoms with Gasteiger partial charge in [-0.15, -0.1) is 0 Å². The number of aryl methyl sites for hydroxylation is 1. The molecule has 1 heterocycles. The normalized spacial score (nSPS) is 11.6. The van der Waals surface area contributed by atoms with Crippen molar-refractivity contribution in [2.75, 3.05) is 4.72 Å². The van der Waals surface area contributed by atoms with Gasteiger partial charge < -0.3 is 10.2 Å². The molecule has 2 rings (SSSR count). The van der Waals surface area contributed by atoms with Crippen molar-refractivity contribution in [3.63, 3.8) is 0 Å². The van der Waals surface area contributed by atoms with Crippen LogP contribution in [0.5, 0.6) is 0 Å². The molecule has 2 aromatic rings. The number of hydrogen-bond acceptors (Lipinski definition) is 4. The molecule has 0 bridgehead atoms. The second-order valence-electron chi connectivity index (χ2n) is 4.12. The minimum atomic E-state index is -3.77. The van der Waals surface area contributed by atoms with E-state index in [2.05, 4.69) is 20.7 Å². The maximum Gasteiger partial charge on any atom is 0.266 e. The second-order valence-corrected chi connectivity index (χ2v) is 6.90. The Hall–Kier alpha value is -1.02. The Bertz CT molecular complexity index is 743. The molecular formula is C12H12BrClN2O3S. The maximum atomic E-state index is 12.3. The maximum absolute atomic E-state index is 12.3. The number of furan rings is 1. The van der Waals surface area contributed by atoms with Crippen LogP contribution in [0.3, 0.4) is 0 Å². The number of benzene rings is 1. The van der Waals surface area contributed by atoms with Gasteiger partial charge in [0.25, 0.3) is 10.0 Å². The Morgan fingerprint density at radius 1 is 1.40 bits per heavy atom. The molecule has 0 saturated carbocycles. The fourth-order valence-electron chi connectivity index (χ4n) is 1.55. The Balaban J connectivity index is 2.35. The Labute approximate surface area is 130 Å². The molecule has 1 aromatic heterocycles. The molecular weight excluding hydrogens is 368 g/mol. The summed E-state index contributed by atoms with van der Waals surface area (Å²) >= 11 is 9.03. The summed E-state index contributed by atoms with van der Waals surface area (Å²) in [5.74, 6) is 0.374. The van der Waals surface area contributed by atoms with Crippen molar-refractivity contribution >= 4 is 43.2 Å². The number of nitrogens with one attached hydrogen (secondary N) is 1. The lowest BCUT2D eigenvalue weighted by Gasteiger charge is -2.08. The van der Waals surface area contributed by atoms with Crippen molar-refractivity contribution in [3.05, 3.63) is 45.3 Å². The Morgan fingerprint density at radius 2 is 2.10 bits per heavy atom. The van der Waals surface area contributed by atoms with E-state index in [0.717, 1.165) is 5.56 Å². The minimum absolute atomic E-state index is 0.00496. The van der Waals surface area contributed by atoms with Crippen molar-refractivity contribution in [1.29, 1.82) is 0 Å². The van der Waals surface area contributed by atoms with Crippen molar-refractivity contribution in [3.8, 4) is 0 Å². The molecule has 0 radical (unpaired) electrons. The van der Waals surface area contributed by atoms with Gasteiger partial charge in [-0.3, -0.25) is 4.72 Å². The van der Waals surface area contributed by atoms with E-state index >= 15 is 0 Å². The molecule has 5 nitrogen and oxygen atoms in total. The number of halogens is 2. The van der Waals surface area contributed by atoms with Crippen molar-refractivity contribution in [2.24, 2.45) is 5.73 Å². The van der Waals surface area contributed by atoms with Crippen molar-refractivity contribution < 1.29 is 12.8 Å². The summed E-state index contributed by atoms with van der Waals surface area (Å²) in [4.78, 5) is -0.00496. The molecule has 0 aliphatic carbocycles. The van der Waals surface area contributed by atoms with Gasteiger partial charge in [-0.2, -0.15) is 0 Å². The van der Waals surface area contributed by atoms with Gasteiger partial charge in [0.15, 0.2) is 4.67 Å². The van der Waals surface area contributed by atoms with Crippen LogP contribution in [0.2, 0.25) is 5.02 Å². The van der Waals surface area contributed by atoms with Crippen LogP contribution in [-0.4, -0.2) is 8.42 Å². The minimum Gasteiger partial charge on any atom is -0.452 e. The van der Waals surface area contributed by atoms with Crippen molar-refractivity contribution in [2.45, 2.75) is 18.4 Å². The first-order chi connectivity index (χ1) is 9.33. The third kappa shape index (κ3) is 3.17. The third-order valence-electron chi connectivity index (χ3n) is 2.62. The second kappa shape index (κ2) is 5.77. The summed E-state index contributed by atoms with van der Waals surface area (Å²) in [6.45, 7) is 1.95. The fraction of sp³-hybridized carbons (Fsp3) is 0.167. The van der Waals surface area contributed by atoms with E-state index in [-0.39, 0.29) is 16.1 Å². The summed E-state index contributed by atoms with van der Waals surface area (Å²) in [6.07, 6.45) is 0. The van der Waals surface area contributed by atoms with Crippen LogP contribution < -0.4 is 10.5 Å². The van der Waals surface area contributed by atoms with Gasteiger partial charge in [-0.1, -0.05) is 17.7 Å². The highest BCUT2D eigenvalue weighted by Crippen LogP contribution is 2.28. The predicted octanol–water partition coefficient (Wildman–Crippen LogP) is 3.26. The van der Waals surface area contributed by atoms with Crippen LogP contribution in [0.1, 0.15) is 11.3 Å². The molecule has 3 N–H and O–H groups in total. The zero-order chi connectivity index (χ0) is 14.9. The molecule has 108 valence electrons. The van der Waals surface area contributed by atoms with E-state index < -0.39 is 10.0 Å². The van der Waals surface area contributed by atoms with E-state index in [4.69, 9.17) is 21.8 Å². The van der Waals surface area contributed by atoms with Gasteiger partial charge in [0.05, 0.1) is 12.2 Å². The molecule has 0 amide bonds. The first-order valence-electron chi connectivity index (χ1n) is 5.60. The SMILES string of the molecule is Cc1ccc(NS(=O)(=O)c2cc(CN)oc2Br)cc1Cl. The third-order valence-corrected chi connectivity index (χ3v) is 5.27. The summed E-state index contributed by atoms with van der Waals surface area (Å²) in [5, 5.41) is 0.485. The van der Waals surface area contributed by atoms with E-state index in [0.29, 0.717) is 16.5 Å². The fourth-order valence-corrected chi connectivity index (χ4v) is 3.78. The number of sulfonamides is 1. The predicted molar refractivity (Wildman–Crippen MR) is 81.3 cm³/mol. The molecule has 0 fully saturated rings. The lowest BCUT2D eigenvalue weighted by atomic mass is 10.2. The quantitative estimate of drug-likeness (QED) is 0.854. The number of nitrogens with two attached hydrogens (primary N) is 1. The molecule has 0 saturated heterocycles. The number of hydrogen-bond donors (Lipinski definition) is 2. The van der Waals surface area contributed by atoms with Gasteiger partial charge in [0.2, 0.25) is 0 Å². The van der Waals surface area contributed by atoms with Crippen LogP contribution in [0, 0.1) is 6.92 Å². The van der Waals surface area contributed by atoms with Crippen molar-refractivity contribution in [1.82, 2.24) is 0 Å². The van der Waals surface area contributed by atoms with Crippen LogP contribution >= 0.6 is 27.5 Å². The molecule has 0 aliphatic heterocycles. The van der Waals surface area contributed by atoms with Crippen LogP contribution in [-0.2, 0) is 16.6 Å². The van der Waals surface area contributed by atoms with Crippen LogP contribution in [0.4, 0.5) is 5.69 Å². The van der Waals surface area contributed by atoms with E-state index in [9.17, 15) is 8.42 Å². The molecule has 8 heteroatoms. The molecule has 0 atom stereocenters. The molecule has 20 heavy (non-hydrogen) atoms. The number of rotatable bonds is 4. The van der Waals surface area contributed by atoms with Gasteiger partial charge in [0, 0.05) is 11.1 Å². The van der Waals surface area contributed by atoms with Crippen LogP contribution in [0.25, 0.3) is 0 Å². The van der Waals surface area contributed by atoms with E-state index in [1.54, 1.807) is 18.2 Å². The monoisotopic (exact) mass is 378 g/mol. The zero-order valence-corrected chi connectivity index (χ0v) is 13.6. The highest BCUT2D eigenvalue weighted by molar-refractivity contribution is 9.10. The topological polar surface area (TPSA) is 85.3 Å². The zero-order valence-electron chi connectivity index (χ0n) is 10.5. The van der Waals surface area contributed by atoms with E-state index in [1.165, 1.54) is 6.07 Å². The van der Waals surface area contributed by atoms with Gasteiger partial charge in [-0.25, -0.2) is 8.42 Å². The summed E-state index contributed by atoms with van der Waals surface area (Å²) < 4.78 is 32.3. The first kappa shape index (κ1) is 15.4. The Kier molecular flexibility index (Phi) is 4.43. The highest BCUT2D eigenvalue weighted by Gasteiger charge is 2.22. The van der Waals surface area contributed by atoms with Gasteiger partial charge >= 0.3 is 0 Å². The average Bonchev–Trinajstić information content (AvgIpc) is 2.76. The molecule has 0 unspecified atom stereocenters. The standard InChI is InChI=1S/C12H12BrClN2O3S/c1-7-2-3-8(4-10(7)14)16-20(17,18)11-5-9(6-15)19-12(11)13/h2-5,16H,6,15H2,1H3. The molecule has 0 spiro atoms. The molecule has 0 aliphatic rings. The lowest BCUT2D eigenvalue weighted by Crippen LogP contribution is -2.12. The highest BCUT2D eigenvalue weighted by atomic mass is 79.9. The summed E-state index contributed by atoms with van der Waals surface area (Å²) in [6, 6.07) is 6.29. The first-order valence-corrected chi connectivity index (χ1v) is 8.26. The summed E-state index contributed by atoms with van der Waals surface area (Å²) in [7, 11) is -3.77. The van der Waals surface area contributed by atoms with Crippen LogP contribution in [0.15, 0.2) is 38.2 Å². The van der Waals surface area contributed by atoms with E-state index in [1.807, 2.05) is 6.92 Å². The Morgan fingerprint density at radius 3 is 2.65 bits per heavy atom. The average molecular weight is 380 g/mol. The lowest BCUT2D eigenvalue weighted by molar-refractivity contribution is 0.484.